The summed E-state index contributed by atoms with van der Waals surface area (Å²) in [4.78, 5) is 11.9. The molecule has 1 amide bonds. The van der Waals surface area contributed by atoms with Crippen molar-refractivity contribution in [3.05, 3.63) is 29.8 Å². The molecule has 21 heavy (non-hydrogen) atoms. The Morgan fingerprint density at radius 3 is 2.71 bits per heavy atom. The first-order valence-electron chi connectivity index (χ1n) is 7.29. The second-order valence-corrected chi connectivity index (χ2v) is 5.30. The number of aliphatic hydroxyl groups is 1. The summed E-state index contributed by atoms with van der Waals surface area (Å²) in [5.41, 5.74) is 0.549. The van der Waals surface area contributed by atoms with E-state index in [0.717, 1.165) is 32.1 Å². The summed E-state index contributed by atoms with van der Waals surface area (Å²) in [6.45, 7) is -0.0882. The van der Waals surface area contributed by atoms with Crippen LogP contribution in [0.5, 0.6) is 5.75 Å². The van der Waals surface area contributed by atoms with Gasteiger partial charge in [-0.05, 0) is 37.1 Å². The molecule has 0 spiro atoms. The first-order chi connectivity index (χ1) is 10.2. The Morgan fingerprint density at radius 1 is 1.29 bits per heavy atom. The number of nitriles is 1. The fourth-order valence-electron chi connectivity index (χ4n) is 2.48. The van der Waals surface area contributed by atoms with E-state index in [9.17, 15) is 9.90 Å². The standard InChI is InChI=1S/C16H20N2O3/c17-10-12-6-8-13(9-7-12)21-11-16(20)18-14-4-2-1-3-5-15(14)19/h6-9,14-15,19H,1-5,11H2,(H,18,20). The zero-order valence-corrected chi connectivity index (χ0v) is 11.9. The van der Waals surface area contributed by atoms with Gasteiger partial charge < -0.3 is 15.2 Å². The normalized spacial score (nSPS) is 21.9. The van der Waals surface area contributed by atoms with Gasteiger partial charge in [0.05, 0.1) is 23.8 Å². The largest absolute Gasteiger partial charge is 0.484 e. The zero-order valence-electron chi connectivity index (χ0n) is 11.9. The van der Waals surface area contributed by atoms with Crippen LogP contribution in [0.25, 0.3) is 0 Å². The van der Waals surface area contributed by atoms with E-state index in [-0.39, 0.29) is 18.6 Å². The topological polar surface area (TPSA) is 82.3 Å². The molecule has 0 saturated heterocycles. The van der Waals surface area contributed by atoms with Gasteiger partial charge in [0.1, 0.15) is 5.75 Å². The Morgan fingerprint density at radius 2 is 2.00 bits per heavy atom. The van der Waals surface area contributed by atoms with Gasteiger partial charge >= 0.3 is 0 Å². The van der Waals surface area contributed by atoms with Gasteiger partial charge in [0, 0.05) is 0 Å². The van der Waals surface area contributed by atoms with Crippen LogP contribution in [-0.2, 0) is 4.79 Å². The number of nitrogens with one attached hydrogen (secondary N) is 1. The number of carbonyl (C=O) groups is 1. The van der Waals surface area contributed by atoms with E-state index in [1.807, 2.05) is 6.07 Å². The molecule has 2 rings (SSSR count). The van der Waals surface area contributed by atoms with Crippen LogP contribution >= 0.6 is 0 Å². The van der Waals surface area contributed by atoms with E-state index >= 15 is 0 Å². The number of hydrogen-bond acceptors (Lipinski definition) is 4. The van der Waals surface area contributed by atoms with Crippen molar-refractivity contribution in [1.82, 2.24) is 5.32 Å². The Kier molecular flexibility index (Phi) is 5.59. The fraction of sp³-hybridized carbons (Fsp3) is 0.500. The fourth-order valence-corrected chi connectivity index (χ4v) is 2.48. The van der Waals surface area contributed by atoms with Crippen LogP contribution in [-0.4, -0.2) is 29.8 Å². The van der Waals surface area contributed by atoms with Crippen LogP contribution in [0.15, 0.2) is 24.3 Å². The highest BCUT2D eigenvalue weighted by Crippen LogP contribution is 2.18. The molecule has 112 valence electrons. The highest BCUT2D eigenvalue weighted by molar-refractivity contribution is 5.77. The first kappa shape index (κ1) is 15.3. The smallest absolute Gasteiger partial charge is 0.258 e. The van der Waals surface area contributed by atoms with Crippen LogP contribution in [0.1, 0.15) is 37.7 Å². The van der Waals surface area contributed by atoms with Gasteiger partial charge in [0.2, 0.25) is 0 Å². The average molecular weight is 288 g/mol. The molecule has 2 atom stereocenters. The van der Waals surface area contributed by atoms with Crippen molar-refractivity contribution in [3.63, 3.8) is 0 Å². The molecule has 1 fully saturated rings. The van der Waals surface area contributed by atoms with E-state index in [0.29, 0.717) is 11.3 Å². The molecule has 1 aliphatic carbocycles. The van der Waals surface area contributed by atoms with Gasteiger partial charge in [-0.1, -0.05) is 19.3 Å². The van der Waals surface area contributed by atoms with Gasteiger partial charge in [-0.3, -0.25) is 4.79 Å². The lowest BCUT2D eigenvalue weighted by molar-refractivity contribution is -0.124. The Balaban J connectivity index is 1.79. The monoisotopic (exact) mass is 288 g/mol. The molecule has 0 bridgehead atoms. The Hall–Kier alpha value is -2.06. The molecule has 1 aromatic carbocycles. The molecule has 1 aromatic rings. The third-order valence-corrected chi connectivity index (χ3v) is 3.68. The zero-order chi connectivity index (χ0) is 15.1. The number of carbonyl (C=O) groups excluding carboxylic acids is 1. The minimum atomic E-state index is -0.466. The summed E-state index contributed by atoms with van der Waals surface area (Å²) in [5.74, 6) is 0.316. The maximum Gasteiger partial charge on any atom is 0.258 e. The second-order valence-electron chi connectivity index (χ2n) is 5.30. The molecule has 1 saturated carbocycles. The molecule has 0 radical (unpaired) electrons. The van der Waals surface area contributed by atoms with E-state index in [1.54, 1.807) is 24.3 Å². The maximum atomic E-state index is 11.9. The lowest BCUT2D eigenvalue weighted by atomic mass is 10.1. The maximum absolute atomic E-state index is 11.9. The SMILES string of the molecule is N#Cc1ccc(OCC(=O)NC2CCCCCC2O)cc1. The molecule has 2 N–H and O–H groups in total. The van der Waals surface area contributed by atoms with Gasteiger partial charge in [-0.15, -0.1) is 0 Å². The summed E-state index contributed by atoms with van der Waals surface area (Å²) in [7, 11) is 0. The highest BCUT2D eigenvalue weighted by atomic mass is 16.5. The molecule has 0 aliphatic heterocycles. The quantitative estimate of drug-likeness (QED) is 0.827. The summed E-state index contributed by atoms with van der Waals surface area (Å²) >= 11 is 0. The number of nitrogens with zero attached hydrogens (tertiary/aromatic N) is 1. The summed E-state index contributed by atoms with van der Waals surface area (Å²) in [6.07, 6.45) is 4.22. The van der Waals surface area contributed by atoms with Crippen molar-refractivity contribution < 1.29 is 14.6 Å². The highest BCUT2D eigenvalue weighted by Gasteiger charge is 2.23. The minimum absolute atomic E-state index is 0.0882. The van der Waals surface area contributed by atoms with Crippen LogP contribution in [0.3, 0.4) is 0 Å². The van der Waals surface area contributed by atoms with Gasteiger partial charge in [-0.2, -0.15) is 5.26 Å². The predicted octanol–water partition coefficient (Wildman–Crippen LogP) is 1.75. The summed E-state index contributed by atoms with van der Waals surface area (Å²) < 4.78 is 5.37. The van der Waals surface area contributed by atoms with Crippen LogP contribution < -0.4 is 10.1 Å². The molecular weight excluding hydrogens is 268 g/mol. The van der Waals surface area contributed by atoms with Crippen molar-refractivity contribution in [1.29, 1.82) is 5.26 Å². The summed E-state index contributed by atoms with van der Waals surface area (Å²) in [5, 5.41) is 21.5. The van der Waals surface area contributed by atoms with Crippen LogP contribution in [0.2, 0.25) is 0 Å². The molecule has 0 heterocycles. The van der Waals surface area contributed by atoms with Gasteiger partial charge in [0.25, 0.3) is 5.91 Å². The lowest BCUT2D eigenvalue weighted by Gasteiger charge is -2.21. The van der Waals surface area contributed by atoms with Crippen molar-refractivity contribution in [2.24, 2.45) is 0 Å². The van der Waals surface area contributed by atoms with Gasteiger partial charge in [0.15, 0.2) is 6.61 Å². The molecule has 0 aromatic heterocycles. The minimum Gasteiger partial charge on any atom is -0.484 e. The second kappa shape index (κ2) is 7.65. The van der Waals surface area contributed by atoms with E-state index in [4.69, 9.17) is 10.00 Å². The number of hydrogen-bond donors (Lipinski definition) is 2. The molecule has 1 aliphatic rings. The van der Waals surface area contributed by atoms with Crippen molar-refractivity contribution in [2.45, 2.75) is 44.2 Å². The number of ether oxygens (including phenoxy) is 1. The summed E-state index contributed by atoms with van der Waals surface area (Å²) in [6, 6.07) is 8.45. The van der Waals surface area contributed by atoms with Crippen LogP contribution in [0, 0.1) is 11.3 Å². The molecular formula is C16H20N2O3. The van der Waals surface area contributed by atoms with E-state index in [1.165, 1.54) is 0 Å². The Bertz CT molecular complexity index is 507. The van der Waals surface area contributed by atoms with E-state index in [2.05, 4.69) is 5.32 Å². The average Bonchev–Trinajstić information content (AvgIpc) is 2.71. The molecule has 5 nitrogen and oxygen atoms in total. The van der Waals surface area contributed by atoms with E-state index < -0.39 is 6.10 Å². The van der Waals surface area contributed by atoms with Crippen molar-refractivity contribution >= 4 is 5.91 Å². The third-order valence-electron chi connectivity index (χ3n) is 3.68. The van der Waals surface area contributed by atoms with Gasteiger partial charge in [-0.25, -0.2) is 0 Å². The predicted molar refractivity (Wildman–Crippen MR) is 77.7 cm³/mol. The molecule has 2 unspecified atom stereocenters. The van der Waals surface area contributed by atoms with Crippen molar-refractivity contribution in [2.75, 3.05) is 6.61 Å². The number of amides is 1. The molecule has 5 heteroatoms. The number of aliphatic hydroxyl groups excluding tert-OH is 1. The van der Waals surface area contributed by atoms with Crippen molar-refractivity contribution in [3.8, 4) is 11.8 Å². The van der Waals surface area contributed by atoms with Crippen LogP contribution in [0.4, 0.5) is 0 Å². The number of benzene rings is 1. The number of rotatable bonds is 4. The Labute approximate surface area is 124 Å². The third kappa shape index (κ3) is 4.76. The first-order valence-corrected chi connectivity index (χ1v) is 7.29. The lowest BCUT2D eigenvalue weighted by Crippen LogP contribution is -2.44.